The van der Waals surface area contributed by atoms with Gasteiger partial charge in [0.25, 0.3) is 5.91 Å². The normalized spacial score (nSPS) is 14.6. The molecule has 1 aliphatic heterocycles. The highest BCUT2D eigenvalue weighted by molar-refractivity contribution is 6.37. The number of para-hydroxylation sites is 1. The quantitative estimate of drug-likeness (QED) is 0.522. The summed E-state index contributed by atoms with van der Waals surface area (Å²) in [7, 11) is 0. The number of benzene rings is 2. The third kappa shape index (κ3) is 5.03. The van der Waals surface area contributed by atoms with Crippen LogP contribution >= 0.6 is 23.2 Å². The molecule has 1 saturated heterocycles. The largest absolute Gasteiger partial charge is 0.468 e. The molecule has 2 heterocycles. The van der Waals surface area contributed by atoms with Crippen molar-refractivity contribution in [1.29, 1.82) is 0 Å². The van der Waals surface area contributed by atoms with Crippen LogP contribution in [0.4, 0.5) is 8.78 Å². The number of carbonyl (C=O) groups excluding carboxylic acids is 1. The number of ether oxygens (including phenoxy) is 1. The molecule has 168 valence electrons. The molecule has 1 aliphatic rings. The number of nitrogens with zero attached hydrogens (tertiary/aromatic N) is 4. The van der Waals surface area contributed by atoms with E-state index in [0.717, 1.165) is 6.07 Å². The predicted molar refractivity (Wildman–Crippen MR) is 117 cm³/mol. The highest BCUT2D eigenvalue weighted by Gasteiger charge is 2.24. The van der Waals surface area contributed by atoms with Crippen LogP contribution in [0.3, 0.4) is 0 Å². The fraction of sp³-hybridized carbons (Fsp3) is 0.273. The highest BCUT2D eigenvalue weighted by atomic mass is 35.5. The van der Waals surface area contributed by atoms with Gasteiger partial charge in [-0.2, -0.15) is 5.10 Å². The Bertz CT molecular complexity index is 1100. The summed E-state index contributed by atoms with van der Waals surface area (Å²) in [6, 6.07) is 10.8. The summed E-state index contributed by atoms with van der Waals surface area (Å²) < 4.78 is 34.4. The van der Waals surface area contributed by atoms with Crippen molar-refractivity contribution >= 4 is 29.1 Å². The third-order valence-corrected chi connectivity index (χ3v) is 5.80. The SMILES string of the molecule is O=C(c1ccn(COc2c(Cl)cccc2Cl)n1)N1CCN(Cc2cccc(F)c2F)CC1. The fourth-order valence-electron chi connectivity index (χ4n) is 3.48. The second-order valence-electron chi connectivity index (χ2n) is 7.35. The maximum atomic E-state index is 13.9. The molecule has 4 rings (SSSR count). The van der Waals surface area contributed by atoms with Crippen LogP contribution in [0.1, 0.15) is 16.1 Å². The Kier molecular flexibility index (Phi) is 6.93. The Hall–Kier alpha value is -2.68. The van der Waals surface area contributed by atoms with E-state index in [1.54, 1.807) is 41.4 Å². The van der Waals surface area contributed by atoms with E-state index < -0.39 is 11.6 Å². The standard InChI is InChI=1S/C22H20Cl2F2N4O2/c23-16-4-2-5-17(24)21(16)32-14-30-8-7-19(27-30)22(31)29-11-9-28(10-12-29)13-15-3-1-6-18(25)20(15)26/h1-8H,9-14H2. The zero-order chi connectivity index (χ0) is 22.7. The summed E-state index contributed by atoms with van der Waals surface area (Å²) in [4.78, 5) is 16.5. The number of amides is 1. The predicted octanol–water partition coefficient (Wildman–Crippen LogP) is 4.46. The zero-order valence-electron chi connectivity index (χ0n) is 17.0. The molecular formula is C22H20Cl2F2N4O2. The summed E-state index contributed by atoms with van der Waals surface area (Å²) in [5, 5.41) is 5.05. The van der Waals surface area contributed by atoms with Gasteiger partial charge < -0.3 is 9.64 Å². The number of piperazine rings is 1. The molecule has 0 atom stereocenters. The lowest BCUT2D eigenvalue weighted by molar-refractivity contribution is 0.0619. The van der Waals surface area contributed by atoms with Gasteiger partial charge in [0.05, 0.1) is 10.0 Å². The van der Waals surface area contributed by atoms with Crippen LogP contribution in [-0.4, -0.2) is 51.7 Å². The molecule has 6 nitrogen and oxygen atoms in total. The van der Waals surface area contributed by atoms with Crippen molar-refractivity contribution in [3.63, 3.8) is 0 Å². The van der Waals surface area contributed by atoms with Gasteiger partial charge >= 0.3 is 0 Å². The van der Waals surface area contributed by atoms with E-state index in [9.17, 15) is 13.6 Å². The van der Waals surface area contributed by atoms with E-state index in [4.69, 9.17) is 27.9 Å². The van der Waals surface area contributed by atoms with Gasteiger partial charge in [-0.3, -0.25) is 9.69 Å². The van der Waals surface area contributed by atoms with Crippen molar-refractivity contribution in [1.82, 2.24) is 19.6 Å². The van der Waals surface area contributed by atoms with Gasteiger partial charge in [0.2, 0.25) is 0 Å². The zero-order valence-corrected chi connectivity index (χ0v) is 18.5. The lowest BCUT2D eigenvalue weighted by Crippen LogP contribution is -2.48. The number of hydrogen-bond acceptors (Lipinski definition) is 4. The number of aromatic nitrogens is 2. The summed E-state index contributed by atoms with van der Waals surface area (Å²) in [5.41, 5.74) is 0.602. The molecule has 10 heteroatoms. The smallest absolute Gasteiger partial charge is 0.274 e. The van der Waals surface area contributed by atoms with Crippen LogP contribution in [-0.2, 0) is 13.3 Å². The van der Waals surface area contributed by atoms with Crippen molar-refractivity contribution in [2.75, 3.05) is 26.2 Å². The molecule has 32 heavy (non-hydrogen) atoms. The maximum absolute atomic E-state index is 13.9. The average molecular weight is 481 g/mol. The molecule has 1 amide bonds. The van der Waals surface area contributed by atoms with Gasteiger partial charge in [0.15, 0.2) is 29.8 Å². The van der Waals surface area contributed by atoms with Crippen LogP contribution in [0.5, 0.6) is 5.75 Å². The molecule has 1 aromatic heterocycles. The summed E-state index contributed by atoms with van der Waals surface area (Å²) in [6.45, 7) is 2.38. The first-order valence-electron chi connectivity index (χ1n) is 9.97. The van der Waals surface area contributed by atoms with Crippen molar-refractivity contribution in [3.05, 3.63) is 81.6 Å². The second-order valence-corrected chi connectivity index (χ2v) is 8.16. The van der Waals surface area contributed by atoms with Crippen LogP contribution in [0.2, 0.25) is 10.0 Å². The van der Waals surface area contributed by atoms with Gasteiger partial charge in [-0.1, -0.05) is 41.4 Å². The minimum Gasteiger partial charge on any atom is -0.468 e. The molecule has 0 N–H and O–H groups in total. The number of rotatable bonds is 6. The molecule has 3 aromatic rings. The minimum atomic E-state index is -0.854. The Morgan fingerprint density at radius 1 is 1.00 bits per heavy atom. The van der Waals surface area contributed by atoms with E-state index in [1.807, 2.05) is 4.90 Å². The van der Waals surface area contributed by atoms with Crippen molar-refractivity contribution < 1.29 is 18.3 Å². The van der Waals surface area contributed by atoms with Crippen LogP contribution in [0.15, 0.2) is 48.7 Å². The first kappa shape index (κ1) is 22.5. The first-order valence-corrected chi connectivity index (χ1v) is 10.7. The molecule has 0 aliphatic carbocycles. The van der Waals surface area contributed by atoms with Crippen molar-refractivity contribution in [2.45, 2.75) is 13.3 Å². The van der Waals surface area contributed by atoms with Crippen molar-refractivity contribution in [2.24, 2.45) is 0 Å². The van der Waals surface area contributed by atoms with Crippen LogP contribution in [0, 0.1) is 11.6 Å². The summed E-state index contributed by atoms with van der Waals surface area (Å²) in [6.07, 6.45) is 1.64. The molecule has 0 saturated carbocycles. The van der Waals surface area contributed by atoms with E-state index >= 15 is 0 Å². The lowest BCUT2D eigenvalue weighted by atomic mass is 10.1. The van der Waals surface area contributed by atoms with Gasteiger partial charge in [-0.25, -0.2) is 13.5 Å². The first-order chi connectivity index (χ1) is 15.4. The third-order valence-electron chi connectivity index (χ3n) is 5.20. The molecule has 0 bridgehead atoms. The number of hydrogen-bond donors (Lipinski definition) is 0. The van der Waals surface area contributed by atoms with E-state index in [0.29, 0.717) is 59.8 Å². The van der Waals surface area contributed by atoms with Gasteiger partial charge in [-0.05, 0) is 24.3 Å². The molecule has 0 radical (unpaired) electrons. The van der Waals surface area contributed by atoms with Crippen LogP contribution < -0.4 is 4.74 Å². The maximum Gasteiger partial charge on any atom is 0.274 e. The van der Waals surface area contributed by atoms with E-state index in [-0.39, 0.29) is 12.6 Å². The second kappa shape index (κ2) is 9.85. The van der Waals surface area contributed by atoms with E-state index in [2.05, 4.69) is 5.10 Å². The number of halogens is 4. The molecule has 1 fully saturated rings. The average Bonchev–Trinajstić information content (AvgIpc) is 3.26. The Morgan fingerprint density at radius 3 is 2.41 bits per heavy atom. The molecule has 0 spiro atoms. The number of carbonyl (C=O) groups is 1. The van der Waals surface area contributed by atoms with Gasteiger partial charge in [0, 0.05) is 44.5 Å². The lowest BCUT2D eigenvalue weighted by Gasteiger charge is -2.34. The minimum absolute atomic E-state index is 0.0453. The Morgan fingerprint density at radius 2 is 1.69 bits per heavy atom. The van der Waals surface area contributed by atoms with Crippen molar-refractivity contribution in [3.8, 4) is 5.75 Å². The Labute approximate surface area is 193 Å². The van der Waals surface area contributed by atoms with Gasteiger partial charge in [0.1, 0.15) is 0 Å². The van der Waals surface area contributed by atoms with E-state index in [1.165, 1.54) is 10.7 Å². The van der Waals surface area contributed by atoms with Gasteiger partial charge in [-0.15, -0.1) is 0 Å². The molecule has 0 unspecified atom stereocenters. The monoisotopic (exact) mass is 480 g/mol. The summed E-state index contributed by atoms with van der Waals surface area (Å²) >= 11 is 12.2. The topological polar surface area (TPSA) is 50.6 Å². The fourth-order valence-corrected chi connectivity index (χ4v) is 3.99. The summed E-state index contributed by atoms with van der Waals surface area (Å²) in [5.74, 6) is -1.52. The molecule has 2 aromatic carbocycles. The Balaban J connectivity index is 1.31. The molecular weight excluding hydrogens is 461 g/mol. The highest BCUT2D eigenvalue weighted by Crippen LogP contribution is 2.32. The van der Waals surface area contributed by atoms with Crippen LogP contribution in [0.25, 0.3) is 0 Å².